The van der Waals surface area contributed by atoms with E-state index in [1.807, 2.05) is 35.2 Å². The van der Waals surface area contributed by atoms with Crippen molar-refractivity contribution >= 4 is 34.0 Å². The number of rotatable bonds is 6. The molecule has 31 heavy (non-hydrogen) atoms. The summed E-state index contributed by atoms with van der Waals surface area (Å²) in [5, 5.41) is 21.7. The number of nitrogens with zero attached hydrogens (tertiary/aromatic N) is 4. The van der Waals surface area contributed by atoms with Gasteiger partial charge in [-0.1, -0.05) is 30.3 Å². The van der Waals surface area contributed by atoms with Crippen LogP contribution in [0, 0.1) is 10.1 Å². The first kappa shape index (κ1) is 20.5. The highest BCUT2D eigenvalue weighted by Gasteiger charge is 2.24. The van der Waals surface area contributed by atoms with Crippen molar-refractivity contribution in [2.45, 2.75) is 13.1 Å². The lowest BCUT2D eigenvalue weighted by Gasteiger charge is -2.29. The lowest BCUT2D eigenvalue weighted by molar-refractivity contribution is -0.384. The molecular weight excluding hydrogens is 398 g/mol. The van der Waals surface area contributed by atoms with Gasteiger partial charge in [0.1, 0.15) is 24.0 Å². The highest BCUT2D eigenvalue weighted by Crippen LogP contribution is 2.35. The zero-order valence-electron chi connectivity index (χ0n) is 17.0. The summed E-state index contributed by atoms with van der Waals surface area (Å²) < 4.78 is 0. The van der Waals surface area contributed by atoms with Gasteiger partial charge in [-0.15, -0.1) is 0 Å². The number of fused-ring (bicyclic) bond motifs is 1. The summed E-state index contributed by atoms with van der Waals surface area (Å²) in [4.78, 5) is 33.9. The van der Waals surface area contributed by atoms with Crippen molar-refractivity contribution in [1.29, 1.82) is 0 Å². The fraction of sp³-hybridized carbons (Fsp3) is 0.286. The van der Waals surface area contributed by atoms with Crippen LogP contribution in [0.1, 0.15) is 18.7 Å². The third-order valence-electron chi connectivity index (χ3n) is 5.15. The number of benzene rings is 2. The zero-order chi connectivity index (χ0) is 21.8. The van der Waals surface area contributed by atoms with Gasteiger partial charge >= 0.3 is 0 Å². The molecule has 2 aromatic carbocycles. The Morgan fingerprint density at radius 3 is 2.61 bits per heavy atom. The maximum atomic E-state index is 11.9. The Hall–Kier alpha value is -3.79. The van der Waals surface area contributed by atoms with E-state index in [1.165, 1.54) is 19.3 Å². The normalized spacial score (nSPS) is 14.8. The molecule has 1 atom stereocenters. The first-order chi connectivity index (χ1) is 15.0. The van der Waals surface area contributed by atoms with Crippen LogP contribution in [0.2, 0.25) is 0 Å². The second-order valence-electron chi connectivity index (χ2n) is 7.26. The molecule has 0 radical (unpaired) electrons. The summed E-state index contributed by atoms with van der Waals surface area (Å²) in [6, 6.07) is 12.6. The summed E-state index contributed by atoms with van der Waals surface area (Å²) in [6.07, 6.45) is 0.858. The van der Waals surface area contributed by atoms with Gasteiger partial charge < -0.3 is 20.9 Å². The molecule has 3 aromatic rings. The van der Waals surface area contributed by atoms with Gasteiger partial charge in [0, 0.05) is 44.6 Å². The Morgan fingerprint density at radius 1 is 1.19 bits per heavy atom. The average Bonchev–Trinajstić information content (AvgIpc) is 2.79. The van der Waals surface area contributed by atoms with Crippen molar-refractivity contribution in [2.75, 3.05) is 36.4 Å². The number of amides is 1. The molecule has 1 unspecified atom stereocenters. The lowest BCUT2D eigenvalue weighted by Crippen LogP contribution is -2.43. The molecule has 1 amide bonds. The molecular formula is C21H23N7O3. The van der Waals surface area contributed by atoms with Crippen LogP contribution in [0.5, 0.6) is 0 Å². The van der Waals surface area contributed by atoms with Crippen LogP contribution in [-0.4, -0.2) is 47.0 Å². The van der Waals surface area contributed by atoms with E-state index >= 15 is 0 Å². The van der Waals surface area contributed by atoms with Crippen LogP contribution < -0.4 is 20.9 Å². The summed E-state index contributed by atoms with van der Waals surface area (Å²) in [7, 11) is 0. The van der Waals surface area contributed by atoms with Crippen LogP contribution in [-0.2, 0) is 4.79 Å². The Labute approximate surface area is 178 Å². The summed E-state index contributed by atoms with van der Waals surface area (Å²) in [6.45, 7) is 4.32. The van der Waals surface area contributed by atoms with Gasteiger partial charge in [0.05, 0.1) is 10.4 Å². The predicted octanol–water partition coefficient (Wildman–Crippen LogP) is 2.19. The Balaban J connectivity index is 1.76. The quantitative estimate of drug-likeness (QED) is 0.314. The third kappa shape index (κ3) is 4.53. The SMILES string of the molecule is CC(=O)NC(Nc1ncnc2cc(N3CCNCC3)c([N+](=O)[O-])cc12)c1ccccc1. The molecule has 4 rings (SSSR count). The van der Waals surface area contributed by atoms with Gasteiger partial charge in [-0.3, -0.25) is 14.9 Å². The number of anilines is 2. The number of hydrogen-bond acceptors (Lipinski definition) is 8. The second-order valence-corrected chi connectivity index (χ2v) is 7.26. The first-order valence-electron chi connectivity index (χ1n) is 10.0. The predicted molar refractivity (Wildman–Crippen MR) is 118 cm³/mol. The summed E-state index contributed by atoms with van der Waals surface area (Å²) >= 11 is 0. The van der Waals surface area contributed by atoms with E-state index in [-0.39, 0.29) is 16.5 Å². The number of hydrogen-bond donors (Lipinski definition) is 3. The number of carbonyl (C=O) groups excluding carboxylic acids is 1. The molecule has 0 bridgehead atoms. The highest BCUT2D eigenvalue weighted by atomic mass is 16.6. The number of nitrogens with one attached hydrogen (secondary N) is 3. The van der Waals surface area contributed by atoms with Gasteiger partial charge in [-0.25, -0.2) is 9.97 Å². The molecule has 10 heteroatoms. The van der Waals surface area contributed by atoms with Gasteiger partial charge in [-0.05, 0) is 11.6 Å². The van der Waals surface area contributed by atoms with Crippen LogP contribution in [0.3, 0.4) is 0 Å². The Kier molecular flexibility index (Phi) is 5.89. The lowest BCUT2D eigenvalue weighted by atomic mass is 10.1. The highest BCUT2D eigenvalue weighted by molar-refractivity contribution is 5.95. The molecule has 1 fully saturated rings. The van der Waals surface area contributed by atoms with E-state index in [4.69, 9.17) is 0 Å². The van der Waals surface area contributed by atoms with E-state index in [0.717, 1.165) is 18.7 Å². The van der Waals surface area contributed by atoms with E-state index in [0.29, 0.717) is 35.5 Å². The fourth-order valence-corrected chi connectivity index (χ4v) is 3.69. The molecule has 3 N–H and O–H groups in total. The minimum Gasteiger partial charge on any atom is -0.363 e. The second kappa shape index (κ2) is 8.92. The van der Waals surface area contributed by atoms with Crippen LogP contribution >= 0.6 is 0 Å². The topological polar surface area (TPSA) is 125 Å². The monoisotopic (exact) mass is 421 g/mol. The van der Waals surface area contributed by atoms with Gasteiger partial charge in [0.2, 0.25) is 5.91 Å². The van der Waals surface area contributed by atoms with Crippen LogP contribution in [0.4, 0.5) is 17.2 Å². The molecule has 0 saturated carbocycles. The molecule has 160 valence electrons. The first-order valence-corrected chi connectivity index (χ1v) is 10.0. The van der Waals surface area contributed by atoms with Gasteiger partial charge in [-0.2, -0.15) is 0 Å². The van der Waals surface area contributed by atoms with E-state index in [2.05, 4.69) is 25.9 Å². The molecule has 1 saturated heterocycles. The minimum atomic E-state index is -0.552. The third-order valence-corrected chi connectivity index (χ3v) is 5.15. The van der Waals surface area contributed by atoms with Crippen LogP contribution in [0.25, 0.3) is 10.9 Å². The molecule has 0 spiro atoms. The van der Waals surface area contributed by atoms with Crippen molar-refractivity contribution in [3.05, 3.63) is 64.5 Å². The zero-order valence-corrected chi connectivity index (χ0v) is 17.0. The smallest absolute Gasteiger partial charge is 0.293 e. The van der Waals surface area contributed by atoms with E-state index in [1.54, 1.807) is 6.07 Å². The molecule has 2 heterocycles. The van der Waals surface area contributed by atoms with Crippen molar-refractivity contribution in [3.63, 3.8) is 0 Å². The van der Waals surface area contributed by atoms with Crippen LogP contribution in [0.15, 0.2) is 48.8 Å². The molecule has 0 aliphatic carbocycles. The van der Waals surface area contributed by atoms with Crippen molar-refractivity contribution in [2.24, 2.45) is 0 Å². The van der Waals surface area contributed by atoms with E-state index < -0.39 is 6.17 Å². The standard InChI is InChI=1S/C21H23N7O3/c1-14(29)25-20(15-5-3-2-4-6-15)26-21-16-11-19(28(30)31)18(12-17(16)23-13-24-21)27-9-7-22-8-10-27/h2-6,11-13,20,22H,7-10H2,1H3,(H,25,29)(H,23,24,26). The average molecular weight is 421 g/mol. The number of aromatic nitrogens is 2. The number of piperazine rings is 1. The minimum absolute atomic E-state index is 0.00281. The molecule has 10 nitrogen and oxygen atoms in total. The number of carbonyl (C=O) groups is 1. The number of nitro benzene ring substituents is 1. The van der Waals surface area contributed by atoms with E-state index in [9.17, 15) is 14.9 Å². The maximum Gasteiger partial charge on any atom is 0.293 e. The van der Waals surface area contributed by atoms with Gasteiger partial charge in [0.15, 0.2) is 0 Å². The van der Waals surface area contributed by atoms with Gasteiger partial charge in [0.25, 0.3) is 5.69 Å². The van der Waals surface area contributed by atoms with Crippen molar-refractivity contribution < 1.29 is 9.72 Å². The summed E-state index contributed by atoms with van der Waals surface area (Å²) in [5.74, 6) is 0.189. The molecule has 1 aliphatic heterocycles. The number of nitro groups is 1. The largest absolute Gasteiger partial charge is 0.363 e. The molecule has 1 aliphatic rings. The fourth-order valence-electron chi connectivity index (χ4n) is 3.69. The summed E-state index contributed by atoms with van der Waals surface area (Å²) in [5.41, 5.74) is 1.97. The Morgan fingerprint density at radius 2 is 1.94 bits per heavy atom. The Bertz CT molecular complexity index is 1100. The maximum absolute atomic E-state index is 11.9. The van der Waals surface area contributed by atoms with Crippen molar-refractivity contribution in [3.8, 4) is 0 Å². The van der Waals surface area contributed by atoms with Crippen molar-refractivity contribution in [1.82, 2.24) is 20.6 Å². The molecule has 1 aromatic heterocycles.